The van der Waals surface area contributed by atoms with Gasteiger partial charge in [-0.05, 0) is 55.5 Å². The fourth-order valence-electron chi connectivity index (χ4n) is 4.86. The van der Waals surface area contributed by atoms with Crippen LogP contribution in [-0.4, -0.2) is 36.1 Å². The lowest BCUT2D eigenvalue weighted by Crippen LogP contribution is -2.33. The summed E-state index contributed by atoms with van der Waals surface area (Å²) >= 11 is 0. The van der Waals surface area contributed by atoms with Crippen molar-refractivity contribution in [2.45, 2.75) is 50.4 Å². The van der Waals surface area contributed by atoms with Crippen LogP contribution in [0.15, 0.2) is 61.3 Å². The fraction of sp³-hybridized carbons (Fsp3) is 0.308. The van der Waals surface area contributed by atoms with E-state index in [1.54, 1.807) is 12.3 Å². The van der Waals surface area contributed by atoms with E-state index >= 15 is 0 Å². The van der Waals surface area contributed by atoms with Crippen LogP contribution < -0.4 is 5.32 Å². The van der Waals surface area contributed by atoms with E-state index in [2.05, 4.69) is 26.0 Å². The second kappa shape index (κ2) is 7.63. The zero-order chi connectivity index (χ0) is 22.6. The van der Waals surface area contributed by atoms with E-state index in [1.807, 2.05) is 47.4 Å². The Morgan fingerprint density at radius 3 is 2.88 bits per heavy atom. The van der Waals surface area contributed by atoms with Crippen molar-refractivity contribution in [3.8, 4) is 17.2 Å². The van der Waals surface area contributed by atoms with Gasteiger partial charge in [0.1, 0.15) is 11.5 Å². The van der Waals surface area contributed by atoms with Crippen LogP contribution in [0.5, 0.6) is 0 Å². The van der Waals surface area contributed by atoms with Crippen molar-refractivity contribution in [2.24, 2.45) is 0 Å². The first kappa shape index (κ1) is 19.7. The minimum atomic E-state index is -0.209. The summed E-state index contributed by atoms with van der Waals surface area (Å²) < 4.78 is 10.4. The van der Waals surface area contributed by atoms with Crippen molar-refractivity contribution in [1.29, 1.82) is 0 Å². The number of hydrogen-bond acceptors (Lipinski definition) is 5. The van der Waals surface area contributed by atoms with E-state index in [0.717, 1.165) is 41.3 Å². The average molecular weight is 453 g/mol. The van der Waals surface area contributed by atoms with E-state index in [-0.39, 0.29) is 12.0 Å². The SMILES string of the molecule is O=C1Nc2cccc(n2)-c2nccn2C2CC(C2)OCc2ccc(-n3cnc(C4CC4)c3)cc21. The third-order valence-corrected chi connectivity index (χ3v) is 7.06. The van der Waals surface area contributed by atoms with E-state index in [0.29, 0.717) is 29.9 Å². The maximum atomic E-state index is 13.4. The molecule has 2 saturated carbocycles. The van der Waals surface area contributed by atoms with Gasteiger partial charge in [-0.15, -0.1) is 0 Å². The number of benzene rings is 1. The molecule has 2 aliphatic heterocycles. The van der Waals surface area contributed by atoms with Crippen LogP contribution in [0.3, 0.4) is 0 Å². The molecule has 1 amide bonds. The third kappa shape index (κ3) is 3.42. The Kier molecular flexibility index (Phi) is 4.41. The maximum absolute atomic E-state index is 13.4. The van der Waals surface area contributed by atoms with Gasteiger partial charge >= 0.3 is 0 Å². The van der Waals surface area contributed by atoms with Crippen LogP contribution in [0, 0.1) is 0 Å². The van der Waals surface area contributed by atoms with Crippen LogP contribution in [0.25, 0.3) is 17.2 Å². The van der Waals surface area contributed by atoms with Gasteiger partial charge in [-0.3, -0.25) is 4.79 Å². The van der Waals surface area contributed by atoms with Crippen LogP contribution >= 0.6 is 0 Å². The van der Waals surface area contributed by atoms with Crippen molar-refractivity contribution in [2.75, 3.05) is 5.32 Å². The second-order valence-corrected chi connectivity index (χ2v) is 9.40. The van der Waals surface area contributed by atoms with E-state index in [9.17, 15) is 4.79 Å². The van der Waals surface area contributed by atoms with Gasteiger partial charge in [0.25, 0.3) is 5.91 Å². The zero-order valence-electron chi connectivity index (χ0n) is 18.6. The molecular formula is C26H24N6O2. The molecule has 8 heteroatoms. The first-order valence-corrected chi connectivity index (χ1v) is 11.8. The Bertz CT molecular complexity index is 1400. The van der Waals surface area contributed by atoms with Crippen molar-refractivity contribution in [1.82, 2.24) is 24.1 Å². The Morgan fingerprint density at radius 1 is 1.09 bits per heavy atom. The highest BCUT2D eigenvalue weighted by Crippen LogP contribution is 2.39. The van der Waals surface area contributed by atoms with Crippen molar-refractivity contribution >= 4 is 11.7 Å². The number of ether oxygens (including phenoxy) is 1. The van der Waals surface area contributed by atoms with Gasteiger partial charge in [-0.1, -0.05) is 12.1 Å². The quantitative estimate of drug-likeness (QED) is 0.484. The summed E-state index contributed by atoms with van der Waals surface area (Å²) in [5.74, 6) is 1.68. The van der Waals surface area contributed by atoms with E-state index in [4.69, 9.17) is 9.72 Å². The Morgan fingerprint density at radius 2 is 2.00 bits per heavy atom. The number of fused-ring (bicyclic) bond motifs is 2. The zero-order valence-corrected chi connectivity index (χ0v) is 18.6. The normalized spacial score (nSPS) is 21.6. The molecule has 4 bridgehead atoms. The van der Waals surface area contributed by atoms with Crippen LogP contribution in [-0.2, 0) is 11.3 Å². The minimum Gasteiger partial charge on any atom is -0.373 e. The number of carbonyl (C=O) groups excluding carboxylic acids is 1. The third-order valence-electron chi connectivity index (χ3n) is 7.06. The minimum absolute atomic E-state index is 0.160. The summed E-state index contributed by atoms with van der Waals surface area (Å²) in [6, 6.07) is 11.9. The molecule has 2 fully saturated rings. The predicted molar refractivity (Wildman–Crippen MR) is 126 cm³/mol. The first-order chi connectivity index (χ1) is 16.7. The molecule has 5 heterocycles. The standard InChI is InChI=1S/C26H24N6O2/c33-26-21-12-18(31-13-23(28-15-31)16-4-5-16)7-6-17(21)14-34-20-10-19(11-20)32-9-8-27-25(32)22-2-1-3-24(29-22)30-26/h1-3,6-9,12-13,15-16,19-20H,4-5,10-11,14H2,(H,29,30,33). The van der Waals surface area contributed by atoms with Gasteiger partial charge in [0.05, 0.1) is 24.7 Å². The van der Waals surface area contributed by atoms with Crippen molar-refractivity contribution in [3.05, 3.63) is 78.1 Å². The Labute approximate surface area is 196 Å². The molecule has 1 aromatic carbocycles. The number of rotatable bonds is 2. The monoisotopic (exact) mass is 452 g/mol. The van der Waals surface area contributed by atoms with Gasteiger partial charge in [-0.2, -0.15) is 0 Å². The lowest BCUT2D eigenvalue weighted by molar-refractivity contribution is -0.0354. The highest BCUT2D eigenvalue weighted by atomic mass is 16.5. The molecule has 8 nitrogen and oxygen atoms in total. The highest BCUT2D eigenvalue weighted by molar-refractivity contribution is 6.05. The van der Waals surface area contributed by atoms with Gasteiger partial charge in [-0.25, -0.2) is 15.0 Å². The smallest absolute Gasteiger partial charge is 0.257 e. The molecular weight excluding hydrogens is 428 g/mol. The number of imidazole rings is 2. The van der Waals surface area contributed by atoms with Crippen LogP contribution in [0.4, 0.5) is 5.82 Å². The van der Waals surface area contributed by atoms with E-state index in [1.165, 1.54) is 12.8 Å². The molecule has 34 heavy (non-hydrogen) atoms. The molecule has 170 valence electrons. The van der Waals surface area contributed by atoms with Crippen LogP contribution in [0.2, 0.25) is 0 Å². The topological polar surface area (TPSA) is 86.9 Å². The summed E-state index contributed by atoms with van der Waals surface area (Å²) in [7, 11) is 0. The van der Waals surface area contributed by atoms with Gasteiger partial charge in [0.2, 0.25) is 0 Å². The molecule has 0 spiro atoms. The molecule has 0 saturated heterocycles. The van der Waals surface area contributed by atoms with Gasteiger partial charge in [0, 0.05) is 41.8 Å². The van der Waals surface area contributed by atoms with E-state index < -0.39 is 0 Å². The number of amides is 1. The number of carbonyl (C=O) groups is 1. The molecule has 4 aromatic rings. The predicted octanol–water partition coefficient (Wildman–Crippen LogP) is 4.49. The summed E-state index contributed by atoms with van der Waals surface area (Å²) in [4.78, 5) is 27.2. The summed E-state index contributed by atoms with van der Waals surface area (Å²) in [5, 5.41) is 2.98. The largest absolute Gasteiger partial charge is 0.373 e. The molecule has 0 unspecified atom stereocenters. The first-order valence-electron chi connectivity index (χ1n) is 11.8. The molecule has 1 N–H and O–H groups in total. The Hall–Kier alpha value is -3.78. The number of aromatic nitrogens is 5. The molecule has 2 aliphatic carbocycles. The number of hydrogen-bond donors (Lipinski definition) is 1. The lowest BCUT2D eigenvalue weighted by atomic mass is 9.88. The number of nitrogens with one attached hydrogen (secondary N) is 1. The van der Waals surface area contributed by atoms with Crippen molar-refractivity contribution in [3.63, 3.8) is 0 Å². The average Bonchev–Trinajstić information content (AvgIpc) is 3.35. The highest BCUT2D eigenvalue weighted by Gasteiger charge is 2.33. The number of pyridine rings is 1. The molecule has 4 aliphatic rings. The van der Waals surface area contributed by atoms with Crippen LogP contribution in [0.1, 0.15) is 59.3 Å². The maximum Gasteiger partial charge on any atom is 0.257 e. The number of nitrogens with zero attached hydrogens (tertiary/aromatic N) is 5. The molecule has 0 atom stereocenters. The molecule has 3 aromatic heterocycles. The Balaban J connectivity index is 1.27. The number of anilines is 1. The van der Waals surface area contributed by atoms with Crippen molar-refractivity contribution < 1.29 is 9.53 Å². The summed E-state index contributed by atoms with van der Waals surface area (Å²) in [6.07, 6.45) is 12.1. The molecule has 8 rings (SSSR count). The summed E-state index contributed by atoms with van der Waals surface area (Å²) in [6.45, 7) is 0.391. The van der Waals surface area contributed by atoms with Gasteiger partial charge in [0.15, 0.2) is 5.82 Å². The molecule has 0 radical (unpaired) electrons. The lowest BCUT2D eigenvalue weighted by Gasteiger charge is -2.37. The second-order valence-electron chi connectivity index (χ2n) is 9.40. The van der Waals surface area contributed by atoms with Gasteiger partial charge < -0.3 is 19.2 Å². The fourth-order valence-corrected chi connectivity index (χ4v) is 4.86. The summed E-state index contributed by atoms with van der Waals surface area (Å²) in [5.41, 5.74) is 4.21.